The van der Waals surface area contributed by atoms with Gasteiger partial charge in [0.1, 0.15) is 5.82 Å². The van der Waals surface area contributed by atoms with E-state index in [1.54, 1.807) is 12.1 Å². The predicted molar refractivity (Wildman–Crippen MR) is 58.7 cm³/mol. The Labute approximate surface area is 86.3 Å². The summed E-state index contributed by atoms with van der Waals surface area (Å²) in [5, 5.41) is 0. The van der Waals surface area contributed by atoms with E-state index in [1.165, 1.54) is 17.1 Å². The van der Waals surface area contributed by atoms with E-state index in [0.717, 1.165) is 0 Å². The molecule has 0 spiro atoms. The van der Waals surface area contributed by atoms with Crippen LogP contribution in [0.4, 0.5) is 4.39 Å². The highest BCUT2D eigenvalue weighted by Gasteiger charge is 2.31. The first-order chi connectivity index (χ1) is 6.21. The van der Waals surface area contributed by atoms with Crippen LogP contribution in [0.1, 0.15) is 12.5 Å². The maximum absolute atomic E-state index is 12.7. The molecule has 0 atom stereocenters. The molecule has 0 unspecified atom stereocenters. The molecule has 1 aromatic rings. The second-order valence-corrected chi connectivity index (χ2v) is 6.43. The molecule has 1 aromatic carbocycles. The van der Waals surface area contributed by atoms with Crippen LogP contribution in [-0.4, -0.2) is 11.5 Å². The first-order valence-electron chi connectivity index (χ1n) is 4.25. The Morgan fingerprint density at radius 1 is 1.15 bits per heavy atom. The topological polar surface area (TPSA) is 0 Å². The van der Waals surface area contributed by atoms with Gasteiger partial charge in [0, 0.05) is 11.5 Å². The Morgan fingerprint density at radius 2 is 1.69 bits per heavy atom. The van der Waals surface area contributed by atoms with Crippen molar-refractivity contribution in [3.05, 3.63) is 35.6 Å². The van der Waals surface area contributed by atoms with Crippen LogP contribution in [0.15, 0.2) is 24.3 Å². The number of rotatable bonds is 1. The SMILES string of the molecule is CC1(c2ccc(F)cc2)SCCS1. The second kappa shape index (κ2) is 3.54. The summed E-state index contributed by atoms with van der Waals surface area (Å²) >= 11 is 3.89. The number of thioether (sulfide) groups is 2. The van der Waals surface area contributed by atoms with Crippen molar-refractivity contribution < 1.29 is 4.39 Å². The van der Waals surface area contributed by atoms with Crippen LogP contribution in [0, 0.1) is 5.82 Å². The zero-order valence-corrected chi connectivity index (χ0v) is 9.05. The average Bonchev–Trinajstić information content (AvgIpc) is 2.54. The summed E-state index contributed by atoms with van der Waals surface area (Å²) in [6, 6.07) is 6.86. The molecule has 1 fully saturated rings. The average molecular weight is 214 g/mol. The molecule has 0 aromatic heterocycles. The smallest absolute Gasteiger partial charge is 0.123 e. The van der Waals surface area contributed by atoms with Gasteiger partial charge in [-0.25, -0.2) is 4.39 Å². The molecule has 0 aliphatic carbocycles. The van der Waals surface area contributed by atoms with Gasteiger partial charge in [0.15, 0.2) is 0 Å². The summed E-state index contributed by atoms with van der Waals surface area (Å²) in [6.07, 6.45) is 0. The molecule has 1 aliphatic heterocycles. The molecule has 0 nitrogen and oxygen atoms in total. The Bertz CT molecular complexity index is 288. The van der Waals surface area contributed by atoms with Gasteiger partial charge >= 0.3 is 0 Å². The molecular formula is C10H11FS2. The zero-order chi connectivity index (χ0) is 9.31. The monoisotopic (exact) mass is 214 g/mol. The second-order valence-electron chi connectivity index (χ2n) is 3.15. The quantitative estimate of drug-likeness (QED) is 0.702. The van der Waals surface area contributed by atoms with Gasteiger partial charge in [0.2, 0.25) is 0 Å². The van der Waals surface area contributed by atoms with Crippen molar-refractivity contribution in [3.8, 4) is 0 Å². The molecule has 1 heterocycles. The molecule has 1 saturated heterocycles. The van der Waals surface area contributed by atoms with E-state index in [-0.39, 0.29) is 9.90 Å². The summed E-state index contributed by atoms with van der Waals surface area (Å²) in [7, 11) is 0. The van der Waals surface area contributed by atoms with Gasteiger partial charge < -0.3 is 0 Å². The van der Waals surface area contributed by atoms with E-state index in [2.05, 4.69) is 6.92 Å². The maximum atomic E-state index is 12.7. The Morgan fingerprint density at radius 3 is 2.23 bits per heavy atom. The van der Waals surface area contributed by atoms with E-state index < -0.39 is 0 Å². The van der Waals surface area contributed by atoms with Gasteiger partial charge in [-0.3, -0.25) is 0 Å². The fourth-order valence-corrected chi connectivity index (χ4v) is 4.32. The third-order valence-corrected chi connectivity index (χ3v) is 5.56. The first kappa shape index (κ1) is 9.41. The molecule has 1 aliphatic rings. The summed E-state index contributed by atoms with van der Waals surface area (Å²) in [5.41, 5.74) is 1.22. The summed E-state index contributed by atoms with van der Waals surface area (Å²) in [6.45, 7) is 2.21. The van der Waals surface area contributed by atoms with Crippen LogP contribution in [0.3, 0.4) is 0 Å². The van der Waals surface area contributed by atoms with Crippen molar-refractivity contribution in [1.82, 2.24) is 0 Å². The number of hydrogen-bond acceptors (Lipinski definition) is 2. The predicted octanol–water partition coefficient (Wildman–Crippen LogP) is 3.48. The van der Waals surface area contributed by atoms with Crippen molar-refractivity contribution in [1.29, 1.82) is 0 Å². The van der Waals surface area contributed by atoms with Crippen LogP contribution >= 0.6 is 23.5 Å². The molecule has 0 saturated carbocycles. The highest BCUT2D eigenvalue weighted by Crippen LogP contribution is 2.51. The van der Waals surface area contributed by atoms with Crippen molar-refractivity contribution in [2.75, 3.05) is 11.5 Å². The molecule has 13 heavy (non-hydrogen) atoms. The first-order valence-corrected chi connectivity index (χ1v) is 6.22. The summed E-state index contributed by atoms with van der Waals surface area (Å²) < 4.78 is 12.8. The van der Waals surface area contributed by atoms with E-state index in [4.69, 9.17) is 0 Å². The molecule has 0 N–H and O–H groups in total. The summed E-state index contributed by atoms with van der Waals surface area (Å²) in [4.78, 5) is 0. The standard InChI is InChI=1S/C10H11FS2/c1-10(12-6-7-13-10)8-2-4-9(11)5-3-8/h2-5H,6-7H2,1H3. The number of halogens is 1. The van der Waals surface area contributed by atoms with Gasteiger partial charge in [0.25, 0.3) is 0 Å². The lowest BCUT2D eigenvalue weighted by Gasteiger charge is -2.21. The zero-order valence-electron chi connectivity index (χ0n) is 7.42. The minimum Gasteiger partial charge on any atom is -0.207 e. The third-order valence-electron chi connectivity index (χ3n) is 2.21. The van der Waals surface area contributed by atoms with Crippen molar-refractivity contribution >= 4 is 23.5 Å². The fraction of sp³-hybridized carbons (Fsp3) is 0.400. The lowest BCUT2D eigenvalue weighted by molar-refractivity contribution is 0.627. The molecule has 0 amide bonds. The van der Waals surface area contributed by atoms with E-state index in [0.29, 0.717) is 0 Å². The molecule has 3 heteroatoms. The van der Waals surface area contributed by atoms with Gasteiger partial charge in [-0.05, 0) is 24.6 Å². The Hall–Kier alpha value is -0.150. The summed E-state index contributed by atoms with van der Waals surface area (Å²) in [5.74, 6) is 2.23. The van der Waals surface area contributed by atoms with Gasteiger partial charge in [-0.2, -0.15) is 0 Å². The normalized spacial score (nSPS) is 20.5. The van der Waals surface area contributed by atoms with Crippen LogP contribution in [0.2, 0.25) is 0 Å². The van der Waals surface area contributed by atoms with Crippen LogP contribution in [0.5, 0.6) is 0 Å². The van der Waals surface area contributed by atoms with Gasteiger partial charge in [-0.15, -0.1) is 23.5 Å². The van der Waals surface area contributed by atoms with Crippen molar-refractivity contribution in [2.24, 2.45) is 0 Å². The van der Waals surface area contributed by atoms with Crippen molar-refractivity contribution in [3.63, 3.8) is 0 Å². The maximum Gasteiger partial charge on any atom is 0.123 e. The minimum atomic E-state index is -0.152. The minimum absolute atomic E-state index is 0.147. The number of benzene rings is 1. The van der Waals surface area contributed by atoms with Gasteiger partial charge in [-0.1, -0.05) is 12.1 Å². The molecule has 0 radical (unpaired) electrons. The van der Waals surface area contributed by atoms with E-state index in [1.807, 2.05) is 35.7 Å². The highest BCUT2D eigenvalue weighted by atomic mass is 32.2. The van der Waals surface area contributed by atoms with Gasteiger partial charge in [0.05, 0.1) is 4.08 Å². The van der Waals surface area contributed by atoms with Crippen LogP contribution in [-0.2, 0) is 4.08 Å². The highest BCUT2D eigenvalue weighted by molar-refractivity contribution is 8.20. The Kier molecular flexibility index (Phi) is 2.56. The van der Waals surface area contributed by atoms with Crippen LogP contribution < -0.4 is 0 Å². The van der Waals surface area contributed by atoms with Crippen LogP contribution in [0.25, 0.3) is 0 Å². The van der Waals surface area contributed by atoms with E-state index >= 15 is 0 Å². The molecular weight excluding hydrogens is 203 g/mol. The lowest BCUT2D eigenvalue weighted by Crippen LogP contribution is -2.07. The van der Waals surface area contributed by atoms with E-state index in [9.17, 15) is 4.39 Å². The molecule has 0 bridgehead atoms. The Balaban J connectivity index is 2.29. The largest absolute Gasteiger partial charge is 0.207 e. The van der Waals surface area contributed by atoms with Crippen molar-refractivity contribution in [2.45, 2.75) is 11.0 Å². The number of hydrogen-bond donors (Lipinski definition) is 0. The molecule has 70 valence electrons. The fourth-order valence-electron chi connectivity index (χ4n) is 1.43. The molecule has 2 rings (SSSR count). The lowest BCUT2D eigenvalue weighted by atomic mass is 10.1. The third kappa shape index (κ3) is 1.86.